The second-order valence-electron chi connectivity index (χ2n) is 3.97. The number of halogens is 1. The Balaban J connectivity index is 2.23. The number of nitrogens with one attached hydrogen (secondary N) is 2. The summed E-state index contributed by atoms with van der Waals surface area (Å²) in [5.74, 6) is 0.550. The van der Waals surface area contributed by atoms with Crippen molar-refractivity contribution in [1.82, 2.24) is 10.3 Å². The van der Waals surface area contributed by atoms with E-state index in [2.05, 4.69) is 31.0 Å². The highest BCUT2D eigenvalue weighted by molar-refractivity contribution is 9.10. The van der Waals surface area contributed by atoms with Crippen LogP contribution in [-0.4, -0.2) is 19.9 Å². The molecular formula is C12H14BrN3O3S. The molecule has 8 heteroatoms. The molecule has 0 unspecified atom stereocenters. The van der Waals surface area contributed by atoms with E-state index in [0.717, 1.165) is 6.54 Å². The second-order valence-corrected chi connectivity index (χ2v) is 6.34. The van der Waals surface area contributed by atoms with Crippen LogP contribution >= 0.6 is 15.9 Å². The first-order chi connectivity index (χ1) is 9.53. The molecule has 2 rings (SSSR count). The Bertz CT molecular complexity index is 671. The van der Waals surface area contributed by atoms with Gasteiger partial charge in [0.25, 0.3) is 10.0 Å². The van der Waals surface area contributed by atoms with Gasteiger partial charge in [-0.25, -0.2) is 8.42 Å². The van der Waals surface area contributed by atoms with Crippen LogP contribution in [0, 0.1) is 0 Å². The van der Waals surface area contributed by atoms with E-state index in [-0.39, 0.29) is 9.56 Å². The van der Waals surface area contributed by atoms with E-state index < -0.39 is 10.0 Å². The summed E-state index contributed by atoms with van der Waals surface area (Å²) in [6.07, 6.45) is 3.03. The predicted octanol–water partition coefficient (Wildman–Crippen LogP) is 2.35. The van der Waals surface area contributed by atoms with Crippen molar-refractivity contribution in [3.8, 4) is 0 Å². The number of sulfonamides is 1. The number of hydrogen-bond acceptors (Lipinski definition) is 5. The van der Waals surface area contributed by atoms with Crippen LogP contribution in [0.5, 0.6) is 0 Å². The highest BCUT2D eigenvalue weighted by atomic mass is 79.9. The molecular weight excluding hydrogens is 346 g/mol. The third kappa shape index (κ3) is 3.59. The molecule has 2 aromatic rings. The molecule has 6 nitrogen and oxygen atoms in total. The van der Waals surface area contributed by atoms with E-state index in [9.17, 15) is 8.42 Å². The van der Waals surface area contributed by atoms with Gasteiger partial charge in [-0.05, 0) is 34.6 Å². The molecule has 0 aromatic carbocycles. The Kier molecular flexibility index (Phi) is 4.79. The van der Waals surface area contributed by atoms with Gasteiger partial charge < -0.3 is 9.73 Å². The van der Waals surface area contributed by atoms with Crippen molar-refractivity contribution in [3.05, 3.63) is 41.0 Å². The van der Waals surface area contributed by atoms with Gasteiger partial charge >= 0.3 is 0 Å². The van der Waals surface area contributed by atoms with Gasteiger partial charge in [0.05, 0.1) is 12.2 Å². The van der Waals surface area contributed by atoms with Crippen molar-refractivity contribution in [3.63, 3.8) is 0 Å². The molecule has 2 N–H and O–H groups in total. The summed E-state index contributed by atoms with van der Waals surface area (Å²) in [6.45, 7) is 3.20. The Morgan fingerprint density at radius 3 is 2.70 bits per heavy atom. The first-order valence-corrected chi connectivity index (χ1v) is 8.22. The summed E-state index contributed by atoms with van der Waals surface area (Å²) >= 11 is 3.13. The fraction of sp³-hybridized carbons (Fsp3) is 0.250. The van der Waals surface area contributed by atoms with Crippen LogP contribution in [0.1, 0.15) is 12.7 Å². The topological polar surface area (TPSA) is 84.2 Å². The fourth-order valence-corrected chi connectivity index (χ4v) is 3.60. The largest absolute Gasteiger partial charge is 0.451 e. The Hall–Kier alpha value is -1.38. The molecule has 108 valence electrons. The minimum absolute atomic E-state index is 0.0715. The van der Waals surface area contributed by atoms with E-state index in [0.29, 0.717) is 18.0 Å². The summed E-state index contributed by atoms with van der Waals surface area (Å²) in [7, 11) is -3.69. The number of pyridine rings is 1. The fourth-order valence-electron chi connectivity index (χ4n) is 1.55. The quantitative estimate of drug-likeness (QED) is 0.826. The first-order valence-electron chi connectivity index (χ1n) is 5.94. The van der Waals surface area contributed by atoms with E-state index in [1.54, 1.807) is 12.1 Å². The number of aromatic nitrogens is 1. The number of anilines is 1. The standard InChI is InChI=1S/C12H14BrN3O3S/c1-2-14-8-10-7-11(12(13)19-10)20(17,18)16-9-3-5-15-6-4-9/h3-7,14H,2,8H2,1H3,(H,15,16). The predicted molar refractivity (Wildman–Crippen MR) is 78.8 cm³/mol. The molecule has 0 bridgehead atoms. The molecule has 0 radical (unpaired) electrons. The third-order valence-corrected chi connectivity index (χ3v) is 4.72. The molecule has 0 spiro atoms. The van der Waals surface area contributed by atoms with Gasteiger partial charge in [0, 0.05) is 18.5 Å². The lowest BCUT2D eigenvalue weighted by molar-refractivity contribution is 0.464. The number of rotatable bonds is 6. The highest BCUT2D eigenvalue weighted by Gasteiger charge is 2.22. The summed E-state index contributed by atoms with van der Waals surface area (Å²) in [4.78, 5) is 3.90. The Morgan fingerprint density at radius 2 is 2.05 bits per heavy atom. The molecule has 20 heavy (non-hydrogen) atoms. The number of nitrogens with zero attached hydrogens (tertiary/aromatic N) is 1. The summed E-state index contributed by atoms with van der Waals surface area (Å²) in [5, 5.41) is 3.07. The number of furan rings is 1. The van der Waals surface area contributed by atoms with Gasteiger partial charge in [-0.2, -0.15) is 0 Å². The molecule has 2 aromatic heterocycles. The molecule has 0 amide bonds. The SMILES string of the molecule is CCNCc1cc(S(=O)(=O)Nc2ccncc2)c(Br)o1. The van der Waals surface area contributed by atoms with E-state index in [1.165, 1.54) is 18.5 Å². The minimum atomic E-state index is -3.69. The molecule has 0 saturated heterocycles. The van der Waals surface area contributed by atoms with Crippen LogP contribution in [0.3, 0.4) is 0 Å². The monoisotopic (exact) mass is 359 g/mol. The zero-order valence-electron chi connectivity index (χ0n) is 10.8. The maximum absolute atomic E-state index is 12.3. The van der Waals surface area contributed by atoms with Crippen molar-refractivity contribution in [2.75, 3.05) is 11.3 Å². The van der Waals surface area contributed by atoms with Crippen molar-refractivity contribution in [1.29, 1.82) is 0 Å². The van der Waals surface area contributed by atoms with E-state index >= 15 is 0 Å². The molecule has 2 heterocycles. The second kappa shape index (κ2) is 6.38. The Labute approximate surface area is 125 Å². The van der Waals surface area contributed by atoms with E-state index in [1.807, 2.05) is 6.92 Å². The van der Waals surface area contributed by atoms with Crippen LogP contribution < -0.4 is 10.0 Å². The average molecular weight is 360 g/mol. The van der Waals surface area contributed by atoms with Gasteiger partial charge in [-0.3, -0.25) is 9.71 Å². The third-order valence-electron chi connectivity index (χ3n) is 2.48. The highest BCUT2D eigenvalue weighted by Crippen LogP contribution is 2.27. The number of hydrogen-bond donors (Lipinski definition) is 2. The molecule has 0 fully saturated rings. The lowest BCUT2D eigenvalue weighted by Crippen LogP contribution is -2.13. The van der Waals surface area contributed by atoms with Crippen LogP contribution in [0.4, 0.5) is 5.69 Å². The zero-order valence-corrected chi connectivity index (χ0v) is 13.2. The maximum atomic E-state index is 12.3. The summed E-state index contributed by atoms with van der Waals surface area (Å²) in [5.41, 5.74) is 0.446. The van der Waals surface area contributed by atoms with Crippen molar-refractivity contribution < 1.29 is 12.8 Å². The van der Waals surface area contributed by atoms with Gasteiger partial charge in [-0.15, -0.1) is 0 Å². The maximum Gasteiger partial charge on any atom is 0.266 e. The lowest BCUT2D eigenvalue weighted by Gasteiger charge is -2.05. The van der Waals surface area contributed by atoms with Crippen LogP contribution in [0.2, 0.25) is 0 Å². The van der Waals surface area contributed by atoms with Crippen molar-refractivity contribution >= 4 is 31.6 Å². The smallest absolute Gasteiger partial charge is 0.266 e. The van der Waals surface area contributed by atoms with Crippen LogP contribution in [0.15, 0.2) is 44.6 Å². The normalized spacial score (nSPS) is 11.5. The summed E-state index contributed by atoms with van der Waals surface area (Å²) < 4.78 is 32.6. The van der Waals surface area contributed by atoms with Crippen molar-refractivity contribution in [2.45, 2.75) is 18.4 Å². The Morgan fingerprint density at radius 1 is 1.35 bits per heavy atom. The van der Waals surface area contributed by atoms with Gasteiger partial charge in [0.2, 0.25) is 0 Å². The molecule has 0 aliphatic heterocycles. The minimum Gasteiger partial charge on any atom is -0.451 e. The molecule has 0 aliphatic carbocycles. The molecule has 0 aliphatic rings. The van der Waals surface area contributed by atoms with Gasteiger partial charge in [-0.1, -0.05) is 6.92 Å². The van der Waals surface area contributed by atoms with Crippen molar-refractivity contribution in [2.24, 2.45) is 0 Å². The lowest BCUT2D eigenvalue weighted by atomic mass is 10.4. The average Bonchev–Trinajstić information content (AvgIpc) is 2.79. The van der Waals surface area contributed by atoms with E-state index in [4.69, 9.17) is 4.42 Å². The first kappa shape index (κ1) is 15.0. The zero-order chi connectivity index (χ0) is 14.6. The van der Waals surface area contributed by atoms with Crippen LogP contribution in [0.25, 0.3) is 0 Å². The van der Waals surface area contributed by atoms with Gasteiger partial charge in [0.1, 0.15) is 10.7 Å². The van der Waals surface area contributed by atoms with Gasteiger partial charge in [0.15, 0.2) is 4.67 Å². The molecule has 0 atom stereocenters. The van der Waals surface area contributed by atoms with Crippen LogP contribution in [-0.2, 0) is 16.6 Å². The summed E-state index contributed by atoms with van der Waals surface area (Å²) in [6, 6.07) is 4.65. The molecule has 0 saturated carbocycles.